The van der Waals surface area contributed by atoms with E-state index in [1.54, 1.807) is 6.33 Å². The first-order valence-electron chi connectivity index (χ1n) is 5.73. The molecule has 0 bridgehead atoms. The molecule has 1 aliphatic rings. The van der Waals surface area contributed by atoms with Crippen LogP contribution >= 0.6 is 0 Å². The molecule has 0 saturated carbocycles. The Balaban J connectivity index is 2.22. The molecule has 0 spiro atoms. The van der Waals surface area contributed by atoms with Gasteiger partial charge in [-0.15, -0.1) is 0 Å². The van der Waals surface area contributed by atoms with Crippen LogP contribution in [0.3, 0.4) is 0 Å². The molecule has 2 aromatic carbocycles. The summed E-state index contributed by atoms with van der Waals surface area (Å²) in [4.78, 5) is 8.54. The topological polar surface area (TPSA) is 25.8 Å². The van der Waals surface area contributed by atoms with Crippen molar-refractivity contribution in [3.8, 4) is 11.1 Å². The second-order valence-electron chi connectivity index (χ2n) is 4.38. The Hall–Kier alpha value is -2.22. The van der Waals surface area contributed by atoms with Crippen LogP contribution in [-0.2, 0) is 6.42 Å². The van der Waals surface area contributed by atoms with Crippen molar-refractivity contribution < 1.29 is 0 Å². The summed E-state index contributed by atoms with van der Waals surface area (Å²) < 4.78 is 0. The molecule has 17 heavy (non-hydrogen) atoms. The van der Waals surface area contributed by atoms with Gasteiger partial charge in [-0.3, -0.25) is 0 Å². The average molecular weight is 218 g/mol. The maximum Gasteiger partial charge on any atom is 0.115 e. The highest BCUT2D eigenvalue weighted by Crippen LogP contribution is 2.37. The largest absolute Gasteiger partial charge is 0.244 e. The monoisotopic (exact) mass is 218 g/mol. The molecule has 3 aromatic rings. The van der Waals surface area contributed by atoms with E-state index in [4.69, 9.17) is 0 Å². The molecule has 0 atom stereocenters. The Morgan fingerprint density at radius 1 is 0.941 bits per heavy atom. The van der Waals surface area contributed by atoms with Crippen LogP contribution in [0.2, 0.25) is 0 Å². The van der Waals surface area contributed by atoms with E-state index in [1.165, 1.54) is 27.5 Å². The number of nitrogens with zero attached hydrogens (tertiary/aromatic N) is 2. The van der Waals surface area contributed by atoms with Gasteiger partial charge in [-0.2, -0.15) is 0 Å². The van der Waals surface area contributed by atoms with Gasteiger partial charge in [0.25, 0.3) is 0 Å². The number of hydrogen-bond acceptors (Lipinski definition) is 2. The molecule has 2 heteroatoms. The van der Waals surface area contributed by atoms with Crippen molar-refractivity contribution in [2.45, 2.75) is 6.42 Å². The smallest absolute Gasteiger partial charge is 0.115 e. The van der Waals surface area contributed by atoms with Gasteiger partial charge in [0.1, 0.15) is 6.33 Å². The van der Waals surface area contributed by atoms with E-state index >= 15 is 0 Å². The zero-order valence-corrected chi connectivity index (χ0v) is 9.22. The fourth-order valence-corrected chi connectivity index (χ4v) is 2.69. The van der Waals surface area contributed by atoms with Crippen molar-refractivity contribution >= 4 is 10.8 Å². The zero-order chi connectivity index (χ0) is 11.2. The zero-order valence-electron chi connectivity index (χ0n) is 9.22. The molecule has 2 nitrogen and oxygen atoms in total. The van der Waals surface area contributed by atoms with Crippen LogP contribution in [0.25, 0.3) is 21.9 Å². The average Bonchev–Trinajstić information content (AvgIpc) is 2.39. The number of benzene rings is 2. The lowest BCUT2D eigenvalue weighted by Crippen LogP contribution is -2.03. The molecule has 4 rings (SSSR count). The first kappa shape index (κ1) is 8.88. The van der Waals surface area contributed by atoms with Gasteiger partial charge >= 0.3 is 0 Å². The van der Waals surface area contributed by atoms with Crippen LogP contribution in [-0.4, -0.2) is 9.97 Å². The summed E-state index contributed by atoms with van der Waals surface area (Å²) in [6.45, 7) is 0. The molecule has 0 unspecified atom stereocenters. The van der Waals surface area contributed by atoms with Crippen molar-refractivity contribution in [1.82, 2.24) is 9.97 Å². The summed E-state index contributed by atoms with van der Waals surface area (Å²) in [6.07, 6.45) is 4.46. The molecule has 0 fully saturated rings. The van der Waals surface area contributed by atoms with E-state index in [2.05, 4.69) is 46.4 Å². The molecule has 0 N–H and O–H groups in total. The Morgan fingerprint density at radius 3 is 2.76 bits per heavy atom. The van der Waals surface area contributed by atoms with Crippen molar-refractivity contribution in [2.24, 2.45) is 0 Å². The quantitative estimate of drug-likeness (QED) is 0.453. The van der Waals surface area contributed by atoms with Crippen LogP contribution in [0.5, 0.6) is 0 Å². The molecule has 0 aliphatic heterocycles. The van der Waals surface area contributed by atoms with Crippen molar-refractivity contribution in [3.05, 3.63) is 60.2 Å². The summed E-state index contributed by atoms with van der Waals surface area (Å²) in [5.74, 6) is 0. The van der Waals surface area contributed by atoms with Gasteiger partial charge < -0.3 is 0 Å². The third-order valence-electron chi connectivity index (χ3n) is 3.43. The molecule has 1 heterocycles. The number of hydrogen-bond donors (Lipinski definition) is 0. The first-order valence-corrected chi connectivity index (χ1v) is 5.73. The minimum atomic E-state index is 0.909. The summed E-state index contributed by atoms with van der Waals surface area (Å²) in [5.41, 5.74) is 4.94. The van der Waals surface area contributed by atoms with E-state index in [1.807, 2.05) is 6.20 Å². The molecule has 1 aliphatic carbocycles. The molecule has 0 radical (unpaired) electrons. The number of fused-ring (bicyclic) bond motifs is 2. The van der Waals surface area contributed by atoms with Crippen LogP contribution in [0.1, 0.15) is 11.3 Å². The Labute approximate surface area is 99.0 Å². The van der Waals surface area contributed by atoms with Crippen LogP contribution in [0.4, 0.5) is 0 Å². The first-order chi connectivity index (χ1) is 8.43. The summed E-state index contributed by atoms with van der Waals surface area (Å²) in [7, 11) is 0. The van der Waals surface area contributed by atoms with Gasteiger partial charge in [0, 0.05) is 18.2 Å². The molecular formula is C15H10N2. The molecule has 1 aromatic heterocycles. The highest BCUT2D eigenvalue weighted by atomic mass is 14.8. The normalized spacial score (nSPS) is 12.5. The minimum Gasteiger partial charge on any atom is -0.244 e. The third kappa shape index (κ3) is 1.15. The Kier molecular flexibility index (Phi) is 1.64. The lowest BCUT2D eigenvalue weighted by molar-refractivity contribution is 1.03. The SMILES string of the molecule is c1cc2c3c(cccc3c1)-c1cncnc1C2. The molecular weight excluding hydrogens is 208 g/mol. The fraction of sp³-hybridized carbons (Fsp3) is 0.0667. The molecule has 0 saturated heterocycles. The minimum absolute atomic E-state index is 0.909. The second-order valence-corrected chi connectivity index (χ2v) is 4.38. The third-order valence-corrected chi connectivity index (χ3v) is 3.43. The van der Waals surface area contributed by atoms with Gasteiger partial charge in [-0.1, -0.05) is 36.4 Å². The van der Waals surface area contributed by atoms with E-state index in [0.717, 1.165) is 12.1 Å². The van der Waals surface area contributed by atoms with Crippen molar-refractivity contribution in [1.29, 1.82) is 0 Å². The van der Waals surface area contributed by atoms with Gasteiger partial charge in [-0.05, 0) is 21.9 Å². The van der Waals surface area contributed by atoms with E-state index < -0.39 is 0 Å². The number of rotatable bonds is 0. The van der Waals surface area contributed by atoms with Gasteiger partial charge in [-0.25, -0.2) is 9.97 Å². The molecule has 0 amide bonds. The lowest BCUT2D eigenvalue weighted by atomic mass is 9.87. The Morgan fingerprint density at radius 2 is 1.82 bits per heavy atom. The Bertz CT molecular complexity index is 727. The fourth-order valence-electron chi connectivity index (χ4n) is 2.69. The van der Waals surface area contributed by atoms with E-state index in [0.29, 0.717) is 0 Å². The van der Waals surface area contributed by atoms with Gasteiger partial charge in [0.2, 0.25) is 0 Å². The van der Waals surface area contributed by atoms with E-state index in [-0.39, 0.29) is 0 Å². The highest BCUT2D eigenvalue weighted by molar-refractivity contribution is 6.01. The predicted octanol–water partition coefficient (Wildman–Crippen LogP) is 3.20. The van der Waals surface area contributed by atoms with Crippen LogP contribution in [0, 0.1) is 0 Å². The molecule has 80 valence electrons. The van der Waals surface area contributed by atoms with E-state index in [9.17, 15) is 0 Å². The van der Waals surface area contributed by atoms with Crippen LogP contribution in [0.15, 0.2) is 48.9 Å². The summed E-state index contributed by atoms with van der Waals surface area (Å²) >= 11 is 0. The predicted molar refractivity (Wildman–Crippen MR) is 67.8 cm³/mol. The highest BCUT2D eigenvalue weighted by Gasteiger charge is 2.18. The lowest BCUT2D eigenvalue weighted by Gasteiger charge is -2.18. The van der Waals surface area contributed by atoms with Crippen molar-refractivity contribution in [2.75, 3.05) is 0 Å². The second kappa shape index (κ2) is 3.14. The summed E-state index contributed by atoms with van der Waals surface area (Å²) in [5, 5.41) is 2.66. The standard InChI is InChI=1S/C15H10N2/c1-3-10-4-2-6-12-13-8-16-9-17-14(13)7-11(5-1)15(10)12/h1-6,8-9H,7H2. The number of aromatic nitrogens is 2. The van der Waals surface area contributed by atoms with Crippen molar-refractivity contribution in [3.63, 3.8) is 0 Å². The summed E-state index contributed by atoms with van der Waals surface area (Å²) in [6, 6.07) is 12.9. The van der Waals surface area contributed by atoms with Gasteiger partial charge in [0.05, 0.1) is 5.69 Å². The van der Waals surface area contributed by atoms with Crippen LogP contribution < -0.4 is 0 Å². The maximum atomic E-state index is 4.39. The maximum absolute atomic E-state index is 4.39. The van der Waals surface area contributed by atoms with Gasteiger partial charge in [0.15, 0.2) is 0 Å².